The third-order valence-electron chi connectivity index (χ3n) is 4.14. The van der Waals surface area contributed by atoms with Crippen LogP contribution in [0.25, 0.3) is 0 Å². The van der Waals surface area contributed by atoms with Gasteiger partial charge in [0, 0.05) is 0 Å². The van der Waals surface area contributed by atoms with Gasteiger partial charge in [0.05, 0.1) is 12.4 Å². The quantitative estimate of drug-likeness (QED) is 0.654. The molecule has 0 radical (unpaired) electrons. The van der Waals surface area contributed by atoms with Gasteiger partial charge in [-0.15, -0.1) is 0 Å². The van der Waals surface area contributed by atoms with Gasteiger partial charge in [-0.25, -0.2) is 9.97 Å². The second-order valence-corrected chi connectivity index (χ2v) is 6.14. The third-order valence-corrected chi connectivity index (χ3v) is 4.14. The van der Waals surface area contributed by atoms with Crippen LogP contribution in [0.5, 0.6) is 5.88 Å². The van der Waals surface area contributed by atoms with E-state index in [1.807, 2.05) is 0 Å². The Bertz CT molecular complexity index is 457. The molecule has 20 heavy (non-hydrogen) atoms. The van der Waals surface area contributed by atoms with Crippen molar-refractivity contribution in [2.75, 3.05) is 0 Å². The van der Waals surface area contributed by atoms with E-state index in [1.165, 1.54) is 19.0 Å². The highest BCUT2D eigenvalue weighted by Crippen LogP contribution is 2.35. The summed E-state index contributed by atoms with van der Waals surface area (Å²) >= 11 is 0. The van der Waals surface area contributed by atoms with Crippen molar-refractivity contribution in [3.05, 3.63) is 18.1 Å². The van der Waals surface area contributed by atoms with E-state index in [9.17, 15) is 0 Å². The van der Waals surface area contributed by atoms with Crippen LogP contribution in [0.1, 0.15) is 45.7 Å². The van der Waals surface area contributed by atoms with Crippen molar-refractivity contribution in [2.45, 2.75) is 46.1 Å². The molecule has 0 amide bonds. The average Bonchev–Trinajstić information content (AvgIpc) is 2.39. The summed E-state index contributed by atoms with van der Waals surface area (Å²) in [6.45, 7) is 6.78. The van der Waals surface area contributed by atoms with Crippen LogP contribution in [0.4, 0.5) is 0 Å². The number of hydrogen-bond acceptors (Lipinski definition) is 4. The van der Waals surface area contributed by atoms with Gasteiger partial charge in [0.15, 0.2) is 0 Å². The Hall–Kier alpha value is -1.65. The smallest absolute Gasteiger partial charge is 0.232 e. The van der Waals surface area contributed by atoms with Crippen LogP contribution in [0, 0.1) is 23.2 Å². The summed E-state index contributed by atoms with van der Waals surface area (Å²) in [6, 6.07) is 0. The second-order valence-electron chi connectivity index (χ2n) is 6.14. The second kappa shape index (κ2) is 6.20. The van der Waals surface area contributed by atoms with Crippen LogP contribution in [0.15, 0.2) is 12.4 Å². The minimum atomic E-state index is -0.0737. The molecular formula is C15H24N4O. The molecule has 1 aliphatic carbocycles. The van der Waals surface area contributed by atoms with Crippen molar-refractivity contribution in [2.24, 2.45) is 23.5 Å². The van der Waals surface area contributed by atoms with Gasteiger partial charge in [0.25, 0.3) is 0 Å². The fraction of sp³-hybridized carbons (Fsp3) is 0.667. The molecule has 1 heterocycles. The molecule has 5 heteroatoms. The van der Waals surface area contributed by atoms with E-state index in [0.717, 1.165) is 6.42 Å². The molecule has 3 N–H and O–H groups in total. The van der Waals surface area contributed by atoms with Crippen molar-refractivity contribution >= 4 is 5.84 Å². The summed E-state index contributed by atoms with van der Waals surface area (Å²) in [5, 5.41) is 7.31. The van der Waals surface area contributed by atoms with Crippen LogP contribution < -0.4 is 10.5 Å². The standard InChI is InChI=1S/C15H24N4O/c1-9(2)11-5-4-10(3)6-13(11)20-14-8-18-12(7-19-14)15(16)17/h7-11,13H,4-6H2,1-3H3,(H3,16,17). The number of nitrogens with one attached hydrogen (secondary N) is 1. The maximum Gasteiger partial charge on any atom is 0.232 e. The SMILES string of the molecule is CC1CCC(C(C)C)C(Oc2cnc(C(=N)N)cn2)C1. The zero-order valence-electron chi connectivity index (χ0n) is 12.5. The maximum atomic E-state index is 7.31. The molecule has 1 saturated carbocycles. The van der Waals surface area contributed by atoms with Crippen LogP contribution in [0.3, 0.4) is 0 Å². The lowest BCUT2D eigenvalue weighted by atomic mass is 9.75. The number of rotatable bonds is 4. The summed E-state index contributed by atoms with van der Waals surface area (Å²) in [5.41, 5.74) is 5.75. The number of hydrogen-bond donors (Lipinski definition) is 2. The normalized spacial score (nSPS) is 26.5. The number of nitrogens with two attached hydrogens (primary N) is 1. The summed E-state index contributed by atoms with van der Waals surface area (Å²) in [5.74, 6) is 2.33. The van der Waals surface area contributed by atoms with Crippen LogP contribution in [-0.2, 0) is 0 Å². The zero-order valence-corrected chi connectivity index (χ0v) is 12.5. The van der Waals surface area contributed by atoms with E-state index in [1.54, 1.807) is 6.20 Å². The van der Waals surface area contributed by atoms with E-state index >= 15 is 0 Å². The van der Waals surface area contributed by atoms with Crippen LogP contribution in [0.2, 0.25) is 0 Å². The topological polar surface area (TPSA) is 84.9 Å². The van der Waals surface area contributed by atoms with Gasteiger partial charge >= 0.3 is 0 Å². The number of nitrogens with zero attached hydrogens (tertiary/aromatic N) is 2. The van der Waals surface area contributed by atoms with E-state index in [2.05, 4.69) is 30.7 Å². The molecule has 3 atom stereocenters. The summed E-state index contributed by atoms with van der Waals surface area (Å²) in [6.07, 6.45) is 6.82. The van der Waals surface area contributed by atoms with Crippen LogP contribution >= 0.6 is 0 Å². The monoisotopic (exact) mass is 276 g/mol. The van der Waals surface area contributed by atoms with Crippen molar-refractivity contribution in [1.29, 1.82) is 5.41 Å². The van der Waals surface area contributed by atoms with Gasteiger partial charge in [-0.3, -0.25) is 5.41 Å². The Morgan fingerprint density at radius 1 is 1.35 bits per heavy atom. The number of aromatic nitrogens is 2. The van der Waals surface area contributed by atoms with E-state index < -0.39 is 0 Å². The first-order valence-electron chi connectivity index (χ1n) is 7.30. The highest BCUT2D eigenvalue weighted by Gasteiger charge is 2.32. The Balaban J connectivity index is 2.07. The average molecular weight is 276 g/mol. The van der Waals surface area contributed by atoms with Gasteiger partial charge in [-0.05, 0) is 30.6 Å². The first-order chi connectivity index (χ1) is 9.47. The zero-order chi connectivity index (χ0) is 14.7. The molecule has 5 nitrogen and oxygen atoms in total. The van der Waals surface area contributed by atoms with E-state index in [-0.39, 0.29) is 11.9 Å². The van der Waals surface area contributed by atoms with Gasteiger partial charge in [-0.1, -0.05) is 27.2 Å². The largest absolute Gasteiger partial charge is 0.473 e. The molecular weight excluding hydrogens is 252 g/mol. The van der Waals surface area contributed by atoms with Gasteiger partial charge in [0.2, 0.25) is 5.88 Å². The molecule has 1 aromatic rings. The third kappa shape index (κ3) is 3.46. The summed E-state index contributed by atoms with van der Waals surface area (Å²) in [7, 11) is 0. The Morgan fingerprint density at radius 2 is 2.10 bits per heavy atom. The Morgan fingerprint density at radius 3 is 2.65 bits per heavy atom. The minimum absolute atomic E-state index is 0.0737. The molecule has 1 fully saturated rings. The molecule has 110 valence electrons. The van der Waals surface area contributed by atoms with Gasteiger partial charge in [-0.2, -0.15) is 0 Å². The lowest BCUT2D eigenvalue weighted by Gasteiger charge is -2.36. The molecule has 0 aromatic carbocycles. The van der Waals surface area contributed by atoms with Crippen molar-refractivity contribution in [1.82, 2.24) is 9.97 Å². The molecule has 0 saturated heterocycles. The first kappa shape index (κ1) is 14.8. The predicted molar refractivity (Wildman–Crippen MR) is 78.8 cm³/mol. The maximum absolute atomic E-state index is 7.31. The summed E-state index contributed by atoms with van der Waals surface area (Å²) in [4.78, 5) is 8.30. The van der Waals surface area contributed by atoms with Crippen molar-refractivity contribution in [3.63, 3.8) is 0 Å². The van der Waals surface area contributed by atoms with Crippen LogP contribution in [-0.4, -0.2) is 21.9 Å². The molecule has 0 bridgehead atoms. The van der Waals surface area contributed by atoms with Gasteiger partial charge < -0.3 is 10.5 Å². The number of amidine groups is 1. The molecule has 1 aromatic heterocycles. The lowest BCUT2D eigenvalue weighted by molar-refractivity contribution is 0.0423. The lowest BCUT2D eigenvalue weighted by Crippen LogP contribution is -2.36. The molecule has 2 rings (SSSR count). The van der Waals surface area contributed by atoms with Gasteiger partial charge in [0.1, 0.15) is 17.6 Å². The Kier molecular flexibility index (Phi) is 4.57. The minimum Gasteiger partial charge on any atom is -0.473 e. The molecule has 3 unspecified atom stereocenters. The fourth-order valence-corrected chi connectivity index (χ4v) is 2.92. The van der Waals surface area contributed by atoms with E-state index in [4.69, 9.17) is 15.9 Å². The summed E-state index contributed by atoms with van der Waals surface area (Å²) < 4.78 is 6.05. The van der Waals surface area contributed by atoms with Crippen molar-refractivity contribution < 1.29 is 4.74 Å². The molecule has 1 aliphatic rings. The van der Waals surface area contributed by atoms with E-state index in [0.29, 0.717) is 29.3 Å². The first-order valence-corrected chi connectivity index (χ1v) is 7.30. The number of nitrogen functional groups attached to an aromatic ring is 1. The highest BCUT2D eigenvalue weighted by molar-refractivity contribution is 5.92. The Labute approximate surface area is 120 Å². The molecule has 0 aliphatic heterocycles. The predicted octanol–water partition coefficient (Wildman–Crippen LogP) is 2.60. The highest BCUT2D eigenvalue weighted by atomic mass is 16.5. The molecule has 0 spiro atoms. The van der Waals surface area contributed by atoms with Crippen molar-refractivity contribution in [3.8, 4) is 5.88 Å². The fourth-order valence-electron chi connectivity index (χ4n) is 2.92. The number of ether oxygens (including phenoxy) is 1.